The Morgan fingerprint density at radius 2 is 1.46 bits per heavy atom. The molecule has 324 valence electrons. The van der Waals surface area contributed by atoms with E-state index in [4.69, 9.17) is 23.7 Å². The van der Waals surface area contributed by atoms with Gasteiger partial charge >= 0.3 is 5.97 Å². The molecule has 57 heavy (non-hydrogen) atoms. The highest BCUT2D eigenvalue weighted by Crippen LogP contribution is 2.41. The van der Waals surface area contributed by atoms with E-state index >= 15 is 0 Å². The summed E-state index contributed by atoms with van der Waals surface area (Å²) in [5, 5.41) is 34.2. The van der Waals surface area contributed by atoms with E-state index in [1.165, 1.54) is 0 Å². The summed E-state index contributed by atoms with van der Waals surface area (Å²) in [6.07, 6.45) is 5.09. The van der Waals surface area contributed by atoms with E-state index in [0.29, 0.717) is 68.9 Å². The van der Waals surface area contributed by atoms with E-state index in [0.717, 1.165) is 6.42 Å². The lowest BCUT2D eigenvalue weighted by Crippen LogP contribution is -2.62. The van der Waals surface area contributed by atoms with Crippen LogP contribution in [0, 0.1) is 41.4 Å². The summed E-state index contributed by atoms with van der Waals surface area (Å²) in [7, 11) is 4.66. The predicted molar refractivity (Wildman–Crippen MR) is 214 cm³/mol. The summed E-state index contributed by atoms with van der Waals surface area (Å²) < 4.78 is 30.0. The Morgan fingerprint density at radius 1 is 0.825 bits per heavy atom. The van der Waals surface area contributed by atoms with Crippen LogP contribution < -0.4 is 0 Å². The Balaban J connectivity index is 1.79. The molecule has 0 aromatic carbocycles. The molecule has 2 heterocycles. The van der Waals surface area contributed by atoms with Gasteiger partial charge in [-0.1, -0.05) is 66.0 Å². The van der Waals surface area contributed by atoms with Crippen LogP contribution >= 0.6 is 0 Å². The van der Waals surface area contributed by atoms with E-state index in [-0.39, 0.29) is 48.9 Å². The minimum Gasteiger partial charge on any atom is -0.457 e. The largest absolute Gasteiger partial charge is 0.457 e. The van der Waals surface area contributed by atoms with Crippen molar-refractivity contribution in [3.05, 3.63) is 23.3 Å². The van der Waals surface area contributed by atoms with E-state index in [1.807, 2.05) is 32.9 Å². The summed E-state index contributed by atoms with van der Waals surface area (Å²) in [6, 6.07) is 0. The molecule has 12 nitrogen and oxygen atoms in total. The van der Waals surface area contributed by atoms with E-state index in [2.05, 4.69) is 6.92 Å². The van der Waals surface area contributed by atoms with E-state index in [9.17, 15) is 34.5 Å². The van der Waals surface area contributed by atoms with Crippen LogP contribution in [-0.2, 0) is 42.9 Å². The number of rotatable bonds is 6. The molecule has 0 amide bonds. The Kier molecular flexibility index (Phi) is 17.7. The molecule has 0 spiro atoms. The minimum atomic E-state index is -2.46. The quantitative estimate of drug-likeness (QED) is 0.166. The summed E-state index contributed by atoms with van der Waals surface area (Å²) in [6.45, 7) is 11.3. The Labute approximate surface area is 340 Å². The van der Waals surface area contributed by atoms with Crippen molar-refractivity contribution in [2.45, 2.75) is 174 Å². The molecule has 2 saturated carbocycles. The topological polar surface area (TPSA) is 175 Å². The number of esters is 1. The van der Waals surface area contributed by atoms with Crippen LogP contribution in [-0.4, -0.2) is 108 Å². The monoisotopic (exact) mass is 805 g/mol. The van der Waals surface area contributed by atoms with Crippen molar-refractivity contribution in [1.82, 2.24) is 0 Å². The van der Waals surface area contributed by atoms with Crippen molar-refractivity contribution in [1.29, 1.82) is 0 Å². The second-order valence-corrected chi connectivity index (χ2v) is 17.8. The zero-order valence-corrected chi connectivity index (χ0v) is 35.9. The second-order valence-electron chi connectivity index (χ2n) is 17.8. The van der Waals surface area contributed by atoms with Gasteiger partial charge in [-0.05, 0) is 93.6 Å². The maximum absolute atomic E-state index is 14.5. The normalized spacial score (nSPS) is 41.6. The molecule has 4 rings (SSSR count). The number of ketones is 3. The van der Waals surface area contributed by atoms with Gasteiger partial charge in [0.15, 0.2) is 5.78 Å². The maximum Gasteiger partial charge on any atom is 0.310 e. The highest BCUT2D eigenvalue weighted by atomic mass is 16.7. The molecule has 3 N–H and O–H groups in total. The van der Waals surface area contributed by atoms with Crippen molar-refractivity contribution in [3.63, 3.8) is 0 Å². The van der Waals surface area contributed by atoms with Crippen molar-refractivity contribution in [2.24, 2.45) is 41.4 Å². The first-order valence-electron chi connectivity index (χ1n) is 21.5. The third-order valence-corrected chi connectivity index (χ3v) is 13.5. The molecular formula is C45H72O12. The molecule has 0 aromatic heterocycles. The van der Waals surface area contributed by atoms with Crippen molar-refractivity contribution in [2.75, 3.05) is 21.3 Å². The Hall–Kier alpha value is -2.32. The first-order valence-corrected chi connectivity index (χ1v) is 21.5. The molecular weight excluding hydrogens is 732 g/mol. The fourth-order valence-electron chi connectivity index (χ4n) is 9.98. The molecule has 12 heteroatoms. The zero-order valence-electron chi connectivity index (χ0n) is 35.9. The summed E-state index contributed by atoms with van der Waals surface area (Å²) >= 11 is 0. The number of carbonyl (C=O) groups excluding carboxylic acids is 4. The van der Waals surface area contributed by atoms with Crippen molar-refractivity contribution < 1.29 is 58.2 Å². The lowest BCUT2D eigenvalue weighted by Gasteiger charge is -2.46. The molecule has 2 aliphatic carbocycles. The summed E-state index contributed by atoms with van der Waals surface area (Å²) in [5.74, 6) is -8.70. The number of carbonyl (C=O) groups is 4. The Morgan fingerprint density at radius 3 is 2.09 bits per heavy atom. The van der Waals surface area contributed by atoms with Crippen LogP contribution in [0.4, 0.5) is 0 Å². The Bertz CT molecular complexity index is 1440. The van der Waals surface area contributed by atoms with Crippen LogP contribution in [0.1, 0.15) is 125 Å². The summed E-state index contributed by atoms with van der Waals surface area (Å²) in [5.41, 5.74) is 1.30. The fourth-order valence-corrected chi connectivity index (χ4v) is 9.98. The molecule has 4 aliphatic rings. The van der Waals surface area contributed by atoms with Crippen molar-refractivity contribution >= 4 is 23.3 Å². The number of fused-ring (bicyclic) bond motifs is 3. The number of aliphatic hydroxyl groups is 3. The number of aliphatic hydroxyl groups excluding tert-OH is 2. The molecule has 15 atom stereocenters. The third kappa shape index (κ3) is 11.5. The van der Waals surface area contributed by atoms with Crippen molar-refractivity contribution in [3.8, 4) is 0 Å². The van der Waals surface area contributed by atoms with Gasteiger partial charge in [0.05, 0.1) is 36.4 Å². The van der Waals surface area contributed by atoms with E-state index < -0.39 is 83.6 Å². The molecule has 2 aliphatic heterocycles. The second kappa shape index (κ2) is 21.3. The lowest BCUT2D eigenvalue weighted by atomic mass is 9.77. The first kappa shape index (κ1) is 47.4. The van der Waals surface area contributed by atoms with Crippen LogP contribution in [0.3, 0.4) is 0 Å². The number of cyclic esters (lactones) is 1. The molecule has 15 unspecified atom stereocenters. The van der Waals surface area contributed by atoms with Gasteiger partial charge in [0.2, 0.25) is 11.6 Å². The van der Waals surface area contributed by atoms with Crippen LogP contribution in [0.5, 0.6) is 0 Å². The number of ether oxygens (including phenoxy) is 5. The molecule has 1 saturated heterocycles. The molecule has 3 fully saturated rings. The minimum absolute atomic E-state index is 0.00187. The molecule has 0 radical (unpaired) electrons. The van der Waals surface area contributed by atoms with Gasteiger partial charge in [-0.25, -0.2) is 0 Å². The number of allylic oxidation sites excluding steroid dienone is 3. The number of hydrogen-bond acceptors (Lipinski definition) is 12. The zero-order chi connectivity index (χ0) is 42.2. The number of Topliss-reactive ketones (excluding diaryl/α,β-unsaturated/α-hetero) is 3. The number of hydrogen-bond donors (Lipinski definition) is 3. The highest BCUT2D eigenvalue weighted by molar-refractivity contribution is 6.41. The predicted octanol–water partition coefficient (Wildman–Crippen LogP) is 5.86. The highest BCUT2D eigenvalue weighted by Gasteiger charge is 2.56. The van der Waals surface area contributed by atoms with Gasteiger partial charge < -0.3 is 39.0 Å². The van der Waals surface area contributed by atoms with Gasteiger partial charge in [0.25, 0.3) is 5.78 Å². The molecule has 2 bridgehead atoms. The van der Waals surface area contributed by atoms with Gasteiger partial charge in [0, 0.05) is 45.5 Å². The third-order valence-electron chi connectivity index (χ3n) is 13.5. The van der Waals surface area contributed by atoms with Gasteiger partial charge in [-0.15, -0.1) is 0 Å². The fraction of sp³-hybridized carbons (Fsp3) is 0.822. The summed E-state index contributed by atoms with van der Waals surface area (Å²) in [4.78, 5) is 57.1. The van der Waals surface area contributed by atoms with Gasteiger partial charge in [-0.3, -0.25) is 19.2 Å². The smallest absolute Gasteiger partial charge is 0.310 e. The average Bonchev–Trinajstić information content (AvgIpc) is 3.44. The maximum atomic E-state index is 14.5. The van der Waals surface area contributed by atoms with Crippen LogP contribution in [0.25, 0.3) is 0 Å². The lowest BCUT2D eigenvalue weighted by molar-refractivity contribution is -0.302. The first-order chi connectivity index (χ1) is 27.0. The van der Waals surface area contributed by atoms with Crippen LogP contribution in [0.15, 0.2) is 23.3 Å². The van der Waals surface area contributed by atoms with Crippen LogP contribution in [0.2, 0.25) is 0 Å². The van der Waals surface area contributed by atoms with E-state index in [1.54, 1.807) is 35.2 Å². The number of methoxy groups -OCH3 is 3. The van der Waals surface area contributed by atoms with Gasteiger partial charge in [0.1, 0.15) is 12.2 Å². The van der Waals surface area contributed by atoms with Gasteiger partial charge in [-0.2, -0.15) is 0 Å². The average molecular weight is 805 g/mol. The SMILES string of the molecule is CCC1=CC(C)CC(C)CC(OC)C2OC(O)(C(=O)C(=O)C3CCCCCC3C(=O)OC(C(C)=CC3CCC(O)C(OC)C3)C(C)C(O)CC1=O)C(C)CC2OC. The molecule has 0 aromatic rings. The standard InChI is InChI=1S/C45H72O12/c1-10-31-19-25(2)18-26(3)20-38(54-8)42-39(55-9)22-28(5)45(52,57-42)43(50)40(49)32-14-12-11-13-15-33(32)44(51)56-41(29(6)35(47)24-36(31)48)27(4)21-30-16-17-34(46)37(23-30)53-7/h19,21,25-26,28-30,32-35,37-39,41-42,46-47,52H,10-18,20,22-24H2,1-9H3.